The van der Waals surface area contributed by atoms with Gasteiger partial charge in [-0.1, -0.05) is 0 Å². The quantitative estimate of drug-likeness (QED) is 0.888. The lowest BCUT2D eigenvalue weighted by atomic mass is 10.0. The second-order valence-corrected chi connectivity index (χ2v) is 4.91. The van der Waals surface area contributed by atoms with Crippen molar-refractivity contribution in [1.29, 1.82) is 0 Å². The first-order chi connectivity index (χ1) is 8.28. The lowest BCUT2D eigenvalue weighted by molar-refractivity contribution is 0.242. The molecule has 2 aromatic rings. The van der Waals surface area contributed by atoms with Crippen molar-refractivity contribution in [2.75, 3.05) is 6.54 Å². The zero-order valence-electron chi connectivity index (χ0n) is 9.15. The number of thiophene rings is 1. The maximum Gasteiger partial charge on any atom is 0.131 e. The van der Waals surface area contributed by atoms with Crippen molar-refractivity contribution in [3.05, 3.63) is 40.3 Å². The SMILES string of the molecule is NCC1Cc2cc(F)cc(-c3ccsc3)c2O1. The number of nitrogens with two attached hydrogens (primary N) is 1. The number of hydrogen-bond donors (Lipinski definition) is 1. The van der Waals surface area contributed by atoms with Gasteiger partial charge in [-0.2, -0.15) is 11.3 Å². The normalized spacial score (nSPS) is 17.9. The molecule has 2 heterocycles. The van der Waals surface area contributed by atoms with Crippen LogP contribution in [0.2, 0.25) is 0 Å². The molecule has 0 fully saturated rings. The molecule has 0 amide bonds. The Bertz CT molecular complexity index is 539. The molecule has 1 aliphatic rings. The van der Waals surface area contributed by atoms with Crippen LogP contribution in [0.4, 0.5) is 4.39 Å². The molecule has 0 saturated heterocycles. The van der Waals surface area contributed by atoms with Crippen LogP contribution in [0.25, 0.3) is 11.1 Å². The van der Waals surface area contributed by atoms with Crippen molar-refractivity contribution in [3.63, 3.8) is 0 Å². The Labute approximate surface area is 103 Å². The van der Waals surface area contributed by atoms with Crippen molar-refractivity contribution in [3.8, 4) is 16.9 Å². The molecule has 2 N–H and O–H groups in total. The lowest BCUT2D eigenvalue weighted by Crippen LogP contribution is -2.24. The van der Waals surface area contributed by atoms with Gasteiger partial charge in [-0.3, -0.25) is 0 Å². The summed E-state index contributed by atoms with van der Waals surface area (Å²) < 4.78 is 19.3. The van der Waals surface area contributed by atoms with Crippen LogP contribution in [-0.4, -0.2) is 12.6 Å². The number of ether oxygens (including phenoxy) is 1. The molecule has 0 saturated carbocycles. The van der Waals surface area contributed by atoms with Crippen LogP contribution in [0, 0.1) is 5.82 Å². The predicted molar refractivity (Wildman–Crippen MR) is 66.9 cm³/mol. The highest BCUT2D eigenvalue weighted by atomic mass is 32.1. The summed E-state index contributed by atoms with van der Waals surface area (Å²) in [4.78, 5) is 0. The third kappa shape index (κ3) is 1.83. The van der Waals surface area contributed by atoms with Gasteiger partial charge in [0.05, 0.1) is 0 Å². The Balaban J connectivity index is 2.12. The van der Waals surface area contributed by atoms with Gasteiger partial charge in [0.1, 0.15) is 17.7 Å². The summed E-state index contributed by atoms with van der Waals surface area (Å²) in [7, 11) is 0. The highest BCUT2D eigenvalue weighted by Crippen LogP contribution is 2.40. The van der Waals surface area contributed by atoms with E-state index in [-0.39, 0.29) is 11.9 Å². The van der Waals surface area contributed by atoms with E-state index < -0.39 is 0 Å². The number of rotatable bonds is 2. The molecular formula is C13H12FNOS. The molecule has 4 heteroatoms. The van der Waals surface area contributed by atoms with E-state index >= 15 is 0 Å². The van der Waals surface area contributed by atoms with Crippen LogP contribution in [-0.2, 0) is 6.42 Å². The molecule has 88 valence electrons. The van der Waals surface area contributed by atoms with Crippen LogP contribution in [0.15, 0.2) is 29.0 Å². The summed E-state index contributed by atoms with van der Waals surface area (Å²) in [6.07, 6.45) is 0.671. The van der Waals surface area contributed by atoms with E-state index in [4.69, 9.17) is 10.5 Å². The van der Waals surface area contributed by atoms with Gasteiger partial charge in [-0.05, 0) is 34.5 Å². The largest absolute Gasteiger partial charge is 0.488 e. The third-order valence-corrected chi connectivity index (χ3v) is 3.64. The maximum absolute atomic E-state index is 13.6. The van der Waals surface area contributed by atoms with Gasteiger partial charge in [0, 0.05) is 24.1 Å². The highest BCUT2D eigenvalue weighted by Gasteiger charge is 2.25. The molecule has 1 aromatic carbocycles. The molecular weight excluding hydrogens is 237 g/mol. The number of hydrogen-bond acceptors (Lipinski definition) is 3. The molecule has 1 unspecified atom stereocenters. The molecule has 1 aromatic heterocycles. The zero-order valence-corrected chi connectivity index (χ0v) is 9.97. The first kappa shape index (κ1) is 10.7. The molecule has 2 nitrogen and oxygen atoms in total. The van der Waals surface area contributed by atoms with Crippen molar-refractivity contribution in [2.24, 2.45) is 5.73 Å². The average molecular weight is 249 g/mol. The van der Waals surface area contributed by atoms with Crippen LogP contribution >= 0.6 is 11.3 Å². The van der Waals surface area contributed by atoms with Crippen LogP contribution < -0.4 is 10.5 Å². The number of benzene rings is 1. The number of halogens is 1. The topological polar surface area (TPSA) is 35.2 Å². The van der Waals surface area contributed by atoms with Gasteiger partial charge >= 0.3 is 0 Å². The Kier molecular flexibility index (Phi) is 2.61. The van der Waals surface area contributed by atoms with Crippen molar-refractivity contribution >= 4 is 11.3 Å². The molecule has 3 rings (SSSR count). The smallest absolute Gasteiger partial charge is 0.131 e. The zero-order chi connectivity index (χ0) is 11.8. The summed E-state index contributed by atoms with van der Waals surface area (Å²) in [5.74, 6) is 0.575. The molecule has 1 atom stereocenters. The van der Waals surface area contributed by atoms with E-state index in [2.05, 4.69) is 0 Å². The molecule has 0 aliphatic carbocycles. The minimum atomic E-state index is -0.216. The monoisotopic (exact) mass is 249 g/mol. The Morgan fingerprint density at radius 1 is 1.47 bits per heavy atom. The van der Waals surface area contributed by atoms with E-state index in [0.717, 1.165) is 22.4 Å². The van der Waals surface area contributed by atoms with Gasteiger partial charge < -0.3 is 10.5 Å². The van der Waals surface area contributed by atoms with Crippen LogP contribution in [0.1, 0.15) is 5.56 Å². The first-order valence-electron chi connectivity index (χ1n) is 5.49. The Morgan fingerprint density at radius 2 is 2.35 bits per heavy atom. The Morgan fingerprint density at radius 3 is 3.06 bits per heavy atom. The molecule has 0 spiro atoms. The van der Waals surface area contributed by atoms with E-state index in [1.807, 2.05) is 16.8 Å². The average Bonchev–Trinajstić information content (AvgIpc) is 2.96. The number of fused-ring (bicyclic) bond motifs is 1. The summed E-state index contributed by atoms with van der Waals surface area (Å²) >= 11 is 1.59. The van der Waals surface area contributed by atoms with Gasteiger partial charge in [0.25, 0.3) is 0 Å². The van der Waals surface area contributed by atoms with Gasteiger partial charge in [0.2, 0.25) is 0 Å². The predicted octanol–water partition coefficient (Wildman–Crippen LogP) is 2.82. The third-order valence-electron chi connectivity index (χ3n) is 2.96. The summed E-state index contributed by atoms with van der Waals surface area (Å²) in [6.45, 7) is 0.458. The second kappa shape index (κ2) is 4.13. The standard InChI is InChI=1S/C13H12FNOS/c14-10-3-9-4-11(6-15)16-13(9)12(5-10)8-1-2-17-7-8/h1-3,5,7,11H,4,6,15H2. The minimum absolute atomic E-state index is 0.0239. The summed E-state index contributed by atoms with van der Waals surface area (Å²) in [5, 5.41) is 3.97. The van der Waals surface area contributed by atoms with E-state index in [9.17, 15) is 4.39 Å². The van der Waals surface area contributed by atoms with Crippen molar-refractivity contribution < 1.29 is 9.13 Å². The summed E-state index contributed by atoms with van der Waals surface area (Å²) in [5.41, 5.74) is 8.36. The lowest BCUT2D eigenvalue weighted by Gasteiger charge is -2.10. The minimum Gasteiger partial charge on any atom is -0.488 e. The fourth-order valence-electron chi connectivity index (χ4n) is 2.16. The van der Waals surface area contributed by atoms with E-state index in [0.29, 0.717) is 13.0 Å². The fraction of sp³-hybridized carbons (Fsp3) is 0.231. The highest BCUT2D eigenvalue weighted by molar-refractivity contribution is 7.08. The molecule has 17 heavy (non-hydrogen) atoms. The van der Waals surface area contributed by atoms with E-state index in [1.165, 1.54) is 6.07 Å². The Hall–Kier alpha value is -1.39. The van der Waals surface area contributed by atoms with Crippen LogP contribution in [0.5, 0.6) is 5.75 Å². The van der Waals surface area contributed by atoms with Crippen molar-refractivity contribution in [2.45, 2.75) is 12.5 Å². The molecule has 0 radical (unpaired) electrons. The van der Waals surface area contributed by atoms with Gasteiger partial charge in [0.15, 0.2) is 0 Å². The first-order valence-corrected chi connectivity index (χ1v) is 6.44. The van der Waals surface area contributed by atoms with Crippen LogP contribution in [0.3, 0.4) is 0 Å². The van der Waals surface area contributed by atoms with Gasteiger partial charge in [-0.15, -0.1) is 0 Å². The van der Waals surface area contributed by atoms with E-state index in [1.54, 1.807) is 17.4 Å². The van der Waals surface area contributed by atoms with Gasteiger partial charge in [-0.25, -0.2) is 4.39 Å². The molecule has 1 aliphatic heterocycles. The molecule has 0 bridgehead atoms. The maximum atomic E-state index is 13.6. The van der Waals surface area contributed by atoms with Crippen molar-refractivity contribution in [1.82, 2.24) is 0 Å². The fourth-order valence-corrected chi connectivity index (χ4v) is 2.81. The summed E-state index contributed by atoms with van der Waals surface area (Å²) in [6, 6.07) is 5.04. The second-order valence-electron chi connectivity index (χ2n) is 4.13.